The third-order valence-electron chi connectivity index (χ3n) is 6.85. The van der Waals surface area contributed by atoms with E-state index in [9.17, 15) is 9.59 Å². The van der Waals surface area contributed by atoms with Gasteiger partial charge in [-0.05, 0) is 54.8 Å². The number of benzene rings is 3. The van der Waals surface area contributed by atoms with Gasteiger partial charge in [-0.1, -0.05) is 71.7 Å². The van der Waals surface area contributed by atoms with Crippen LogP contribution in [0.1, 0.15) is 30.1 Å². The Hall–Kier alpha value is -3.74. The zero-order valence-corrected chi connectivity index (χ0v) is 21.4. The highest BCUT2D eigenvalue weighted by molar-refractivity contribution is 6.44. The zero-order valence-electron chi connectivity index (χ0n) is 19.9. The van der Waals surface area contributed by atoms with Crippen LogP contribution in [0.2, 0.25) is 10.0 Å². The molecule has 1 N–H and O–H groups in total. The third-order valence-corrected chi connectivity index (χ3v) is 7.67. The quantitative estimate of drug-likeness (QED) is 0.304. The Kier molecular flexibility index (Phi) is 6.14. The number of urea groups is 1. The maximum absolute atomic E-state index is 14.1. The van der Waals surface area contributed by atoms with Crippen molar-refractivity contribution in [3.63, 3.8) is 0 Å². The van der Waals surface area contributed by atoms with Crippen molar-refractivity contribution in [2.75, 3.05) is 16.8 Å². The van der Waals surface area contributed by atoms with E-state index in [0.717, 1.165) is 35.5 Å². The second-order valence-electron chi connectivity index (χ2n) is 9.26. The number of nitrogens with one attached hydrogen (secondary N) is 1. The predicted octanol–water partition coefficient (Wildman–Crippen LogP) is 6.92. The van der Waals surface area contributed by atoms with Crippen LogP contribution in [0.3, 0.4) is 0 Å². The molecule has 1 aliphatic carbocycles. The molecule has 186 valence electrons. The molecule has 37 heavy (non-hydrogen) atoms. The minimum Gasteiger partial charge on any atom is -0.316 e. The van der Waals surface area contributed by atoms with E-state index in [2.05, 4.69) is 9.88 Å². The van der Waals surface area contributed by atoms with E-state index >= 15 is 0 Å². The summed E-state index contributed by atoms with van der Waals surface area (Å²) in [4.78, 5) is 31.0. The molecule has 1 aromatic heterocycles. The van der Waals surface area contributed by atoms with Crippen LogP contribution in [-0.4, -0.2) is 34.0 Å². The molecule has 3 amide bonds. The lowest BCUT2D eigenvalue weighted by Crippen LogP contribution is -2.48. The molecular weight excluding hydrogens is 507 g/mol. The van der Waals surface area contributed by atoms with Gasteiger partial charge in [0.05, 0.1) is 32.8 Å². The van der Waals surface area contributed by atoms with Gasteiger partial charge in [0.25, 0.3) is 0 Å². The molecule has 0 spiro atoms. The van der Waals surface area contributed by atoms with Crippen LogP contribution in [0, 0.1) is 0 Å². The highest BCUT2D eigenvalue weighted by Crippen LogP contribution is 2.42. The first-order valence-corrected chi connectivity index (χ1v) is 12.9. The Morgan fingerprint density at radius 1 is 0.865 bits per heavy atom. The number of nitrogens with zero attached hydrogens (tertiary/aromatic N) is 3. The second kappa shape index (κ2) is 9.61. The van der Waals surface area contributed by atoms with Crippen molar-refractivity contribution in [2.24, 2.45) is 0 Å². The van der Waals surface area contributed by atoms with Crippen molar-refractivity contribution in [2.45, 2.75) is 24.9 Å². The van der Waals surface area contributed by atoms with Gasteiger partial charge in [-0.15, -0.1) is 0 Å². The summed E-state index contributed by atoms with van der Waals surface area (Å²) >= 11 is 12.4. The zero-order chi connectivity index (χ0) is 25.5. The first-order chi connectivity index (χ1) is 18.0. The van der Waals surface area contributed by atoms with Gasteiger partial charge in [0.1, 0.15) is 12.6 Å². The second-order valence-corrected chi connectivity index (χ2v) is 10.0. The largest absolute Gasteiger partial charge is 0.322 e. The lowest BCUT2D eigenvalue weighted by atomic mass is 9.97. The van der Waals surface area contributed by atoms with Crippen molar-refractivity contribution in [1.82, 2.24) is 9.47 Å². The molecule has 2 heterocycles. The molecule has 8 heteroatoms. The van der Waals surface area contributed by atoms with Gasteiger partial charge >= 0.3 is 6.03 Å². The van der Waals surface area contributed by atoms with E-state index in [4.69, 9.17) is 23.2 Å². The lowest BCUT2D eigenvalue weighted by Gasteiger charge is -2.39. The number of halogens is 2. The molecule has 6 nitrogen and oxygen atoms in total. The molecule has 0 bridgehead atoms. The van der Waals surface area contributed by atoms with Crippen molar-refractivity contribution in [1.29, 1.82) is 0 Å². The van der Waals surface area contributed by atoms with Crippen molar-refractivity contribution >= 4 is 46.5 Å². The Labute approximate surface area is 225 Å². The topological polar surface area (TPSA) is 57.6 Å². The van der Waals surface area contributed by atoms with Crippen molar-refractivity contribution < 1.29 is 9.59 Å². The standard InChI is InChI=1S/C29H24Cl2N4O2/c30-21-10-6-11-22(27(21)31)32-29(37)34(20-15-16-20)18-26(36)35-24-13-5-4-12-23(24)33-17-7-14-25(33)28(35)19-8-2-1-3-9-19/h1-14,17,20,28H,15-16,18H2,(H,32,37). The van der Waals surface area contributed by atoms with Crippen molar-refractivity contribution in [3.05, 3.63) is 112 Å². The molecule has 6 rings (SSSR count). The molecule has 1 fully saturated rings. The van der Waals surface area contributed by atoms with Gasteiger partial charge < -0.3 is 14.8 Å². The molecule has 1 saturated carbocycles. The molecule has 2 aliphatic rings. The fraction of sp³-hybridized carbons (Fsp3) is 0.172. The molecular formula is C29H24Cl2N4O2. The van der Waals surface area contributed by atoms with Gasteiger partial charge in [0, 0.05) is 12.2 Å². The number of hydrogen-bond donors (Lipinski definition) is 1. The molecule has 1 atom stereocenters. The average Bonchev–Trinajstić information content (AvgIpc) is 3.64. The van der Waals surface area contributed by atoms with Crippen LogP contribution < -0.4 is 10.2 Å². The van der Waals surface area contributed by atoms with Crippen LogP contribution in [0.25, 0.3) is 5.69 Å². The van der Waals surface area contributed by atoms with Crippen LogP contribution in [0.15, 0.2) is 91.1 Å². The summed E-state index contributed by atoms with van der Waals surface area (Å²) < 4.78 is 2.13. The van der Waals surface area contributed by atoms with E-state index in [0.29, 0.717) is 10.7 Å². The van der Waals surface area contributed by atoms with Gasteiger partial charge in [-0.25, -0.2) is 4.79 Å². The van der Waals surface area contributed by atoms with E-state index < -0.39 is 0 Å². The number of hydrogen-bond acceptors (Lipinski definition) is 2. The van der Waals surface area contributed by atoms with Crippen LogP contribution >= 0.6 is 23.2 Å². The maximum atomic E-state index is 14.1. The average molecular weight is 531 g/mol. The molecule has 0 radical (unpaired) electrons. The number of anilines is 2. The predicted molar refractivity (Wildman–Crippen MR) is 147 cm³/mol. The van der Waals surface area contributed by atoms with E-state index in [1.54, 1.807) is 23.1 Å². The van der Waals surface area contributed by atoms with Gasteiger partial charge in [-0.3, -0.25) is 9.69 Å². The Bertz CT molecular complexity index is 1480. The van der Waals surface area contributed by atoms with E-state index in [-0.39, 0.29) is 35.6 Å². The first kappa shape index (κ1) is 23.6. The molecule has 1 aliphatic heterocycles. The molecule has 3 aromatic carbocycles. The Balaban J connectivity index is 1.35. The molecule has 1 unspecified atom stereocenters. The summed E-state index contributed by atoms with van der Waals surface area (Å²) in [5.41, 5.74) is 4.14. The molecule has 0 saturated heterocycles. The number of carbonyl (C=O) groups excluding carboxylic acids is 2. The summed E-state index contributed by atoms with van der Waals surface area (Å²) in [5.74, 6) is -0.159. The number of fused-ring (bicyclic) bond motifs is 3. The monoisotopic (exact) mass is 530 g/mol. The maximum Gasteiger partial charge on any atom is 0.322 e. The van der Waals surface area contributed by atoms with Crippen LogP contribution in [0.5, 0.6) is 0 Å². The number of amides is 3. The van der Waals surface area contributed by atoms with E-state index in [1.165, 1.54) is 0 Å². The number of para-hydroxylation sites is 2. The number of carbonyl (C=O) groups is 2. The third kappa shape index (κ3) is 4.37. The minimum absolute atomic E-state index is 0.000908. The summed E-state index contributed by atoms with van der Waals surface area (Å²) in [6, 6.07) is 26.3. The molecule has 4 aromatic rings. The fourth-order valence-corrected chi connectivity index (χ4v) is 5.32. The highest BCUT2D eigenvalue weighted by atomic mass is 35.5. The Morgan fingerprint density at radius 2 is 1.59 bits per heavy atom. The first-order valence-electron chi connectivity index (χ1n) is 12.2. The fourth-order valence-electron chi connectivity index (χ4n) is 4.97. The van der Waals surface area contributed by atoms with E-state index in [1.807, 2.05) is 77.8 Å². The van der Waals surface area contributed by atoms with Gasteiger partial charge in [0.2, 0.25) is 5.91 Å². The van der Waals surface area contributed by atoms with Gasteiger partial charge in [0.15, 0.2) is 0 Å². The van der Waals surface area contributed by atoms with Crippen LogP contribution in [0.4, 0.5) is 16.2 Å². The minimum atomic E-state index is -0.370. The Morgan fingerprint density at radius 3 is 2.35 bits per heavy atom. The summed E-state index contributed by atoms with van der Waals surface area (Å²) in [5, 5.41) is 3.48. The normalized spacial score (nSPS) is 16.1. The SMILES string of the molecule is O=C(Nc1cccc(Cl)c1Cl)N(CC(=O)N1c2ccccc2-n2cccc2C1c1ccccc1)C1CC1. The number of rotatable bonds is 5. The highest BCUT2D eigenvalue weighted by Gasteiger charge is 2.40. The van der Waals surface area contributed by atoms with Crippen LogP contribution in [-0.2, 0) is 4.79 Å². The lowest BCUT2D eigenvalue weighted by molar-refractivity contribution is -0.119. The number of aromatic nitrogens is 1. The smallest absolute Gasteiger partial charge is 0.316 e. The van der Waals surface area contributed by atoms with Crippen molar-refractivity contribution in [3.8, 4) is 5.69 Å². The summed E-state index contributed by atoms with van der Waals surface area (Å²) in [6.45, 7) is -0.0624. The summed E-state index contributed by atoms with van der Waals surface area (Å²) in [6.07, 6.45) is 3.72. The summed E-state index contributed by atoms with van der Waals surface area (Å²) in [7, 11) is 0. The van der Waals surface area contributed by atoms with Gasteiger partial charge in [-0.2, -0.15) is 0 Å².